The molecule has 2 N–H and O–H groups in total. The van der Waals surface area contributed by atoms with Crippen LogP contribution >= 0.6 is 27.3 Å². The number of thiophene rings is 1. The highest BCUT2D eigenvalue weighted by atomic mass is 79.9. The Labute approximate surface area is 182 Å². The molecule has 1 aromatic carbocycles. The van der Waals surface area contributed by atoms with Crippen LogP contribution in [-0.2, 0) is 17.6 Å². The molecule has 29 heavy (non-hydrogen) atoms. The lowest BCUT2D eigenvalue weighted by Crippen LogP contribution is -2.37. The van der Waals surface area contributed by atoms with Gasteiger partial charge in [0.1, 0.15) is 10.7 Å². The van der Waals surface area contributed by atoms with Crippen molar-refractivity contribution >= 4 is 54.8 Å². The quantitative estimate of drug-likeness (QED) is 0.565. The van der Waals surface area contributed by atoms with Gasteiger partial charge in [-0.3, -0.25) is 4.79 Å². The Balaban J connectivity index is 1.70. The molecular weight excluding hydrogens is 450 g/mol. The van der Waals surface area contributed by atoms with Gasteiger partial charge in [0, 0.05) is 28.5 Å². The Hall–Kier alpha value is -1.96. The number of benzene rings is 1. The Morgan fingerprint density at radius 2 is 1.79 bits per heavy atom. The van der Waals surface area contributed by atoms with Crippen LogP contribution in [0, 0.1) is 0 Å². The van der Waals surface area contributed by atoms with Gasteiger partial charge in [-0.15, -0.1) is 11.3 Å². The molecule has 0 amide bonds. The molecule has 150 valence electrons. The van der Waals surface area contributed by atoms with Crippen molar-refractivity contribution in [2.24, 2.45) is 0 Å². The van der Waals surface area contributed by atoms with Gasteiger partial charge in [-0.1, -0.05) is 15.9 Å². The Morgan fingerprint density at radius 3 is 2.52 bits per heavy atom. The average molecular weight is 472 g/mol. The lowest BCUT2D eigenvalue weighted by atomic mass is 9.89. The first-order valence-corrected chi connectivity index (χ1v) is 11.6. The molecule has 2 aliphatic rings. The minimum Gasteiger partial charge on any atom is -0.390 e. The smallest absolute Gasteiger partial charge is 0.205 e. The summed E-state index contributed by atoms with van der Waals surface area (Å²) in [6.45, 7) is 3.09. The molecule has 1 aliphatic carbocycles. The molecule has 3 aromatic rings. The van der Waals surface area contributed by atoms with Crippen LogP contribution < -0.4 is 10.6 Å². The highest BCUT2D eigenvalue weighted by Gasteiger charge is 2.28. The Bertz CT molecular complexity index is 1090. The first-order valence-electron chi connectivity index (χ1n) is 10.00. The third kappa shape index (κ3) is 3.35. The van der Waals surface area contributed by atoms with Crippen LogP contribution in [0.2, 0.25) is 0 Å². The van der Waals surface area contributed by atoms with E-state index in [4.69, 9.17) is 15.5 Å². The third-order valence-electron chi connectivity index (χ3n) is 5.79. The van der Waals surface area contributed by atoms with Gasteiger partial charge in [0.25, 0.3) is 0 Å². The molecule has 3 heterocycles. The number of ketones is 1. The first kappa shape index (κ1) is 19.0. The van der Waals surface area contributed by atoms with E-state index >= 15 is 0 Å². The van der Waals surface area contributed by atoms with Gasteiger partial charge in [-0.25, -0.2) is 4.98 Å². The summed E-state index contributed by atoms with van der Waals surface area (Å²) in [5.41, 5.74) is 10.5. The summed E-state index contributed by atoms with van der Waals surface area (Å²) in [7, 11) is 0. The topological polar surface area (TPSA) is 68.5 Å². The van der Waals surface area contributed by atoms with Crippen LogP contribution in [0.5, 0.6) is 0 Å². The van der Waals surface area contributed by atoms with E-state index in [9.17, 15) is 4.79 Å². The zero-order valence-corrected chi connectivity index (χ0v) is 18.4. The minimum atomic E-state index is -0.0135. The standard InChI is InChI=1S/C22H22BrN3O2S/c23-14-7-5-13(6-8-14)19(27)20-18-17(21(24)29-20)15-3-1-2-4-16(15)22(25-18)26-9-11-28-12-10-26/h5-8H,1-4,9-12,24H2. The van der Waals surface area contributed by atoms with Gasteiger partial charge in [0.05, 0.1) is 23.7 Å². The summed E-state index contributed by atoms with van der Waals surface area (Å²) < 4.78 is 6.49. The fourth-order valence-electron chi connectivity index (χ4n) is 4.36. The van der Waals surface area contributed by atoms with Crippen LogP contribution in [0.25, 0.3) is 10.9 Å². The second-order valence-corrected chi connectivity index (χ2v) is 9.52. The number of ether oxygens (including phenoxy) is 1. The summed E-state index contributed by atoms with van der Waals surface area (Å²) >= 11 is 4.81. The van der Waals surface area contributed by atoms with Crippen molar-refractivity contribution in [3.8, 4) is 0 Å². The van der Waals surface area contributed by atoms with Gasteiger partial charge in [0.15, 0.2) is 0 Å². The van der Waals surface area contributed by atoms with Gasteiger partial charge in [-0.2, -0.15) is 0 Å². The molecule has 0 atom stereocenters. The van der Waals surface area contributed by atoms with Crippen molar-refractivity contribution in [2.45, 2.75) is 25.7 Å². The van der Waals surface area contributed by atoms with E-state index in [1.165, 1.54) is 28.9 Å². The summed E-state index contributed by atoms with van der Waals surface area (Å²) in [5.74, 6) is 1.01. The van der Waals surface area contributed by atoms with Crippen LogP contribution in [0.4, 0.5) is 10.8 Å². The van der Waals surface area contributed by atoms with E-state index in [2.05, 4.69) is 20.8 Å². The predicted molar refractivity (Wildman–Crippen MR) is 121 cm³/mol. The molecule has 5 rings (SSSR count). The normalized spacial score (nSPS) is 16.8. The molecule has 0 radical (unpaired) electrons. The number of nitrogens with two attached hydrogens (primary N) is 1. The number of fused-ring (bicyclic) bond motifs is 3. The molecule has 1 saturated heterocycles. The van der Waals surface area contributed by atoms with E-state index in [0.29, 0.717) is 28.7 Å². The molecule has 1 aliphatic heterocycles. The highest BCUT2D eigenvalue weighted by Crippen LogP contribution is 2.42. The molecule has 7 heteroatoms. The maximum atomic E-state index is 13.3. The minimum absolute atomic E-state index is 0.0135. The maximum Gasteiger partial charge on any atom is 0.205 e. The number of hydrogen-bond acceptors (Lipinski definition) is 6. The van der Waals surface area contributed by atoms with E-state index in [0.717, 1.165) is 53.5 Å². The zero-order chi connectivity index (χ0) is 20.0. The van der Waals surface area contributed by atoms with E-state index in [1.807, 2.05) is 24.3 Å². The number of pyridine rings is 1. The number of halogens is 1. The van der Waals surface area contributed by atoms with Gasteiger partial charge in [-0.05, 0) is 61.1 Å². The molecule has 0 saturated carbocycles. The van der Waals surface area contributed by atoms with Crippen molar-refractivity contribution in [1.82, 2.24) is 4.98 Å². The second kappa shape index (κ2) is 7.70. The number of morpholine rings is 1. The number of nitrogen functional groups attached to an aromatic ring is 1. The largest absolute Gasteiger partial charge is 0.390 e. The number of anilines is 2. The van der Waals surface area contributed by atoms with Crippen LogP contribution in [0.15, 0.2) is 28.7 Å². The monoisotopic (exact) mass is 471 g/mol. The van der Waals surface area contributed by atoms with Gasteiger partial charge >= 0.3 is 0 Å². The highest BCUT2D eigenvalue weighted by molar-refractivity contribution is 9.10. The summed E-state index contributed by atoms with van der Waals surface area (Å²) in [5, 5.41) is 1.71. The fourth-order valence-corrected chi connectivity index (χ4v) is 5.62. The van der Waals surface area contributed by atoms with Gasteiger partial charge in [0.2, 0.25) is 5.78 Å². The number of carbonyl (C=O) groups excluding carboxylic acids is 1. The van der Waals surface area contributed by atoms with Crippen LogP contribution in [0.3, 0.4) is 0 Å². The first-order chi connectivity index (χ1) is 14.1. The molecule has 0 unspecified atom stereocenters. The average Bonchev–Trinajstić information content (AvgIpc) is 3.10. The van der Waals surface area contributed by atoms with E-state index < -0.39 is 0 Å². The molecule has 5 nitrogen and oxygen atoms in total. The van der Waals surface area contributed by atoms with E-state index in [1.54, 1.807) is 0 Å². The summed E-state index contributed by atoms with van der Waals surface area (Å²) in [6.07, 6.45) is 4.35. The number of hydrogen-bond donors (Lipinski definition) is 1. The van der Waals surface area contributed by atoms with Crippen LogP contribution in [-0.4, -0.2) is 37.1 Å². The van der Waals surface area contributed by atoms with Crippen molar-refractivity contribution in [3.05, 3.63) is 50.3 Å². The molecular formula is C22H22BrN3O2S. The van der Waals surface area contributed by atoms with Crippen molar-refractivity contribution in [3.63, 3.8) is 0 Å². The summed E-state index contributed by atoms with van der Waals surface area (Å²) in [6, 6.07) is 7.46. The van der Waals surface area contributed by atoms with Crippen LogP contribution in [0.1, 0.15) is 39.2 Å². The Kier molecular flexibility index (Phi) is 5.05. The molecule has 0 bridgehead atoms. The second-order valence-electron chi connectivity index (χ2n) is 7.55. The maximum absolute atomic E-state index is 13.3. The third-order valence-corrected chi connectivity index (χ3v) is 7.33. The number of nitrogens with zero attached hydrogens (tertiary/aromatic N) is 2. The summed E-state index contributed by atoms with van der Waals surface area (Å²) in [4.78, 5) is 21.3. The molecule has 2 aromatic heterocycles. The fraction of sp³-hybridized carbons (Fsp3) is 0.364. The van der Waals surface area contributed by atoms with Crippen molar-refractivity contribution in [1.29, 1.82) is 0 Å². The lowest BCUT2D eigenvalue weighted by Gasteiger charge is -2.32. The Morgan fingerprint density at radius 1 is 1.10 bits per heavy atom. The zero-order valence-electron chi connectivity index (χ0n) is 16.0. The van der Waals surface area contributed by atoms with E-state index in [-0.39, 0.29) is 5.78 Å². The number of carbonyl (C=O) groups is 1. The van der Waals surface area contributed by atoms with Crippen molar-refractivity contribution in [2.75, 3.05) is 36.9 Å². The van der Waals surface area contributed by atoms with Gasteiger partial charge < -0.3 is 15.4 Å². The number of aromatic nitrogens is 1. The number of rotatable bonds is 3. The SMILES string of the molecule is Nc1sc(C(=O)c2ccc(Br)cc2)c2nc(N3CCOCC3)c3c(c12)CCCC3. The number of aryl methyl sites for hydroxylation is 1. The predicted octanol–water partition coefficient (Wildman–Crippen LogP) is 4.59. The molecule has 0 spiro atoms. The van der Waals surface area contributed by atoms with Crippen molar-refractivity contribution < 1.29 is 9.53 Å². The molecule has 1 fully saturated rings. The lowest BCUT2D eigenvalue weighted by molar-refractivity contribution is 0.104.